The molecule has 0 saturated carbocycles. The topological polar surface area (TPSA) is 82.8 Å². The Bertz CT molecular complexity index is 580. The Morgan fingerprint density at radius 2 is 2.12 bits per heavy atom. The van der Waals surface area contributed by atoms with Gasteiger partial charge in [-0.3, -0.25) is 15.1 Å². The van der Waals surface area contributed by atoms with Gasteiger partial charge in [0.25, 0.3) is 5.69 Å². The fourth-order valence-electron chi connectivity index (χ4n) is 2.91. The first kappa shape index (κ1) is 18.2. The molecule has 0 aromatic heterocycles. The maximum absolute atomic E-state index is 10.8. The van der Waals surface area contributed by atoms with Gasteiger partial charge in [0.2, 0.25) is 0 Å². The van der Waals surface area contributed by atoms with Crippen LogP contribution in [-0.2, 0) is 6.54 Å². The summed E-state index contributed by atoms with van der Waals surface area (Å²) in [7, 11) is 1.74. The zero-order valence-electron chi connectivity index (χ0n) is 14.7. The van der Waals surface area contributed by atoms with Gasteiger partial charge in [0.15, 0.2) is 5.96 Å². The molecule has 1 aromatic carbocycles. The summed E-state index contributed by atoms with van der Waals surface area (Å²) in [5, 5.41) is 17.5. The zero-order chi connectivity index (χ0) is 17.5. The summed E-state index contributed by atoms with van der Waals surface area (Å²) in [5.74, 6) is 0.740. The first-order chi connectivity index (χ1) is 11.5. The van der Waals surface area contributed by atoms with Gasteiger partial charge < -0.3 is 15.5 Å². The number of benzene rings is 1. The maximum Gasteiger partial charge on any atom is 0.269 e. The molecule has 0 spiro atoms. The van der Waals surface area contributed by atoms with Crippen LogP contribution in [0.3, 0.4) is 0 Å². The molecule has 2 rings (SSSR count). The third-order valence-corrected chi connectivity index (χ3v) is 4.41. The van der Waals surface area contributed by atoms with Gasteiger partial charge in [-0.05, 0) is 32.3 Å². The average molecular weight is 333 g/mol. The number of nitrogens with one attached hydrogen (secondary N) is 2. The highest BCUT2D eigenvalue weighted by Gasteiger charge is 2.21. The van der Waals surface area contributed by atoms with E-state index in [9.17, 15) is 10.1 Å². The van der Waals surface area contributed by atoms with Crippen molar-refractivity contribution in [3.05, 3.63) is 39.9 Å². The molecule has 0 amide bonds. The van der Waals surface area contributed by atoms with Crippen LogP contribution in [0.2, 0.25) is 0 Å². The quantitative estimate of drug-likeness (QED) is 0.373. The van der Waals surface area contributed by atoms with Crippen molar-refractivity contribution in [3.8, 4) is 0 Å². The summed E-state index contributed by atoms with van der Waals surface area (Å²) in [6.07, 6.45) is 2.19. The van der Waals surface area contributed by atoms with Gasteiger partial charge in [-0.15, -0.1) is 0 Å². The fourth-order valence-corrected chi connectivity index (χ4v) is 2.91. The summed E-state index contributed by atoms with van der Waals surface area (Å²) in [6, 6.07) is 7.66. The van der Waals surface area contributed by atoms with Gasteiger partial charge in [0, 0.05) is 50.9 Å². The second-order valence-corrected chi connectivity index (χ2v) is 6.40. The lowest BCUT2D eigenvalue weighted by atomic mass is 10.0. The molecule has 132 valence electrons. The number of aliphatic imine (C=N–C) groups is 1. The molecular formula is C17H27N5O2. The van der Waals surface area contributed by atoms with E-state index < -0.39 is 0 Å². The van der Waals surface area contributed by atoms with Gasteiger partial charge in [-0.1, -0.05) is 12.1 Å². The second kappa shape index (κ2) is 8.63. The number of rotatable bonds is 5. The van der Waals surface area contributed by atoms with E-state index in [4.69, 9.17) is 0 Å². The van der Waals surface area contributed by atoms with E-state index >= 15 is 0 Å². The largest absolute Gasteiger partial charge is 0.354 e. The molecule has 0 radical (unpaired) electrons. The highest BCUT2D eigenvalue weighted by molar-refractivity contribution is 5.80. The molecule has 1 aliphatic rings. The lowest BCUT2D eigenvalue weighted by Crippen LogP contribution is -2.49. The third-order valence-electron chi connectivity index (χ3n) is 4.41. The van der Waals surface area contributed by atoms with Crippen molar-refractivity contribution in [2.24, 2.45) is 4.99 Å². The number of piperidine rings is 1. The Morgan fingerprint density at radius 1 is 1.42 bits per heavy atom. The van der Waals surface area contributed by atoms with Crippen LogP contribution in [0.15, 0.2) is 29.3 Å². The molecule has 7 nitrogen and oxygen atoms in total. The summed E-state index contributed by atoms with van der Waals surface area (Å²) >= 11 is 0. The van der Waals surface area contributed by atoms with E-state index in [1.807, 2.05) is 6.07 Å². The molecule has 0 unspecified atom stereocenters. The van der Waals surface area contributed by atoms with Crippen molar-refractivity contribution in [1.29, 1.82) is 0 Å². The minimum absolute atomic E-state index is 0.110. The number of hydrogen-bond acceptors (Lipinski definition) is 4. The number of non-ortho nitro benzene ring substituents is 1. The normalized spacial score (nSPS) is 17.1. The van der Waals surface area contributed by atoms with Crippen LogP contribution in [0.5, 0.6) is 0 Å². The SMILES string of the molecule is CN=C(NCc1cccc([N+](=O)[O-])c1)NC1CCN(C(C)C)CC1. The van der Waals surface area contributed by atoms with Crippen molar-refractivity contribution >= 4 is 11.6 Å². The summed E-state index contributed by atoms with van der Waals surface area (Å²) in [5.41, 5.74) is 0.972. The van der Waals surface area contributed by atoms with Crippen LogP contribution in [0.1, 0.15) is 32.3 Å². The highest BCUT2D eigenvalue weighted by atomic mass is 16.6. The summed E-state index contributed by atoms with van der Waals surface area (Å²) in [6.45, 7) is 7.15. The average Bonchev–Trinajstić information content (AvgIpc) is 2.59. The molecule has 7 heteroatoms. The van der Waals surface area contributed by atoms with Gasteiger partial charge in [0.1, 0.15) is 0 Å². The van der Waals surface area contributed by atoms with E-state index in [-0.39, 0.29) is 10.6 Å². The minimum atomic E-state index is -0.376. The van der Waals surface area contributed by atoms with Crippen molar-refractivity contribution in [1.82, 2.24) is 15.5 Å². The van der Waals surface area contributed by atoms with Crippen LogP contribution in [-0.4, -0.2) is 48.0 Å². The molecular weight excluding hydrogens is 306 g/mol. The molecule has 1 aromatic rings. The van der Waals surface area contributed by atoms with E-state index in [1.165, 1.54) is 6.07 Å². The Labute approximate surface area is 143 Å². The van der Waals surface area contributed by atoms with Crippen molar-refractivity contribution in [2.45, 2.75) is 45.3 Å². The Morgan fingerprint density at radius 3 is 2.71 bits per heavy atom. The van der Waals surface area contributed by atoms with Gasteiger partial charge in [-0.2, -0.15) is 0 Å². The molecule has 0 bridgehead atoms. The molecule has 1 saturated heterocycles. The van der Waals surface area contributed by atoms with Crippen LogP contribution in [0.25, 0.3) is 0 Å². The summed E-state index contributed by atoms with van der Waals surface area (Å²) in [4.78, 5) is 17.2. The zero-order valence-corrected chi connectivity index (χ0v) is 14.7. The van der Waals surface area contributed by atoms with Crippen molar-refractivity contribution < 1.29 is 4.92 Å². The maximum atomic E-state index is 10.8. The molecule has 24 heavy (non-hydrogen) atoms. The van der Waals surface area contributed by atoms with Crippen LogP contribution < -0.4 is 10.6 Å². The number of likely N-dealkylation sites (tertiary alicyclic amines) is 1. The van der Waals surface area contributed by atoms with E-state index in [0.29, 0.717) is 18.6 Å². The second-order valence-electron chi connectivity index (χ2n) is 6.40. The number of hydrogen-bond donors (Lipinski definition) is 2. The highest BCUT2D eigenvalue weighted by Crippen LogP contribution is 2.14. The molecule has 1 heterocycles. The third kappa shape index (κ3) is 5.19. The summed E-state index contributed by atoms with van der Waals surface area (Å²) < 4.78 is 0. The van der Waals surface area contributed by atoms with Crippen LogP contribution in [0.4, 0.5) is 5.69 Å². The van der Waals surface area contributed by atoms with E-state index in [1.54, 1.807) is 19.2 Å². The standard InChI is InChI=1S/C17H27N5O2/c1-13(2)21-9-7-15(8-10-21)20-17(18-3)19-12-14-5-4-6-16(11-14)22(23)24/h4-6,11,13,15H,7-10,12H2,1-3H3,(H2,18,19,20). The number of nitro groups is 1. The number of nitrogens with zero attached hydrogens (tertiary/aromatic N) is 3. The molecule has 1 aliphatic heterocycles. The predicted octanol–water partition coefficient (Wildman–Crippen LogP) is 2.13. The Balaban J connectivity index is 1.83. The van der Waals surface area contributed by atoms with Crippen molar-refractivity contribution in [3.63, 3.8) is 0 Å². The van der Waals surface area contributed by atoms with Crippen LogP contribution in [0, 0.1) is 10.1 Å². The first-order valence-corrected chi connectivity index (χ1v) is 8.44. The minimum Gasteiger partial charge on any atom is -0.354 e. The van der Waals surface area contributed by atoms with E-state index in [0.717, 1.165) is 37.5 Å². The molecule has 0 aliphatic carbocycles. The smallest absolute Gasteiger partial charge is 0.269 e. The monoisotopic (exact) mass is 333 g/mol. The molecule has 0 atom stereocenters. The Kier molecular flexibility index (Phi) is 6.54. The predicted molar refractivity (Wildman–Crippen MR) is 96.2 cm³/mol. The lowest BCUT2D eigenvalue weighted by Gasteiger charge is -2.35. The van der Waals surface area contributed by atoms with Crippen molar-refractivity contribution in [2.75, 3.05) is 20.1 Å². The fraction of sp³-hybridized carbons (Fsp3) is 0.588. The Hall–Kier alpha value is -2.15. The van der Waals surface area contributed by atoms with Gasteiger partial charge in [-0.25, -0.2) is 0 Å². The van der Waals surface area contributed by atoms with Crippen LogP contribution >= 0.6 is 0 Å². The lowest BCUT2D eigenvalue weighted by molar-refractivity contribution is -0.384. The van der Waals surface area contributed by atoms with E-state index in [2.05, 4.69) is 34.4 Å². The molecule has 2 N–H and O–H groups in total. The van der Waals surface area contributed by atoms with Gasteiger partial charge in [0.05, 0.1) is 4.92 Å². The first-order valence-electron chi connectivity index (χ1n) is 8.44. The van der Waals surface area contributed by atoms with Gasteiger partial charge >= 0.3 is 0 Å². The molecule has 1 fully saturated rings. The number of guanidine groups is 1. The number of nitro benzene ring substituents is 1.